The van der Waals surface area contributed by atoms with Crippen LogP contribution in [-0.4, -0.2) is 45.8 Å². The lowest BCUT2D eigenvalue weighted by Crippen LogP contribution is -2.42. The minimum atomic E-state index is -1.18. The second-order valence-electron chi connectivity index (χ2n) is 5.95. The number of carboxylic acid groups (broad SMARTS) is 1. The van der Waals surface area contributed by atoms with Crippen molar-refractivity contribution in [2.75, 3.05) is 10.7 Å². The Bertz CT molecular complexity index is 734. The monoisotopic (exact) mass is 364 g/mol. The standard InChI is InChI=1S/C17H20N2O5S/c1-9-4-5-12(6-10(9)2)19-15(21)7-14(16(19)22)25-8-13(17(23)24)18-11(3)20/h4-6,13-14H,7-8H2,1-3H3,(H,18,20)(H,23,24)/t13-,14-/m0/s1. The van der Waals surface area contributed by atoms with Crippen LogP contribution in [0.15, 0.2) is 18.2 Å². The van der Waals surface area contributed by atoms with Crippen molar-refractivity contribution in [1.82, 2.24) is 5.32 Å². The molecule has 1 aliphatic rings. The van der Waals surface area contributed by atoms with Crippen LogP contribution in [0.5, 0.6) is 0 Å². The average molecular weight is 364 g/mol. The Morgan fingerprint density at radius 2 is 2.00 bits per heavy atom. The Hall–Kier alpha value is -2.35. The van der Waals surface area contributed by atoms with E-state index in [2.05, 4.69) is 5.32 Å². The molecule has 1 aromatic carbocycles. The number of amides is 3. The number of benzene rings is 1. The SMILES string of the molecule is CC(=O)N[C@@H](CS[C@H]1CC(=O)N(c2ccc(C)c(C)c2)C1=O)C(=O)O. The number of hydrogen-bond acceptors (Lipinski definition) is 5. The number of imide groups is 1. The fraction of sp³-hybridized carbons (Fsp3) is 0.412. The molecule has 1 aliphatic heterocycles. The molecule has 0 aliphatic carbocycles. The number of aliphatic carboxylic acids is 1. The molecule has 0 aromatic heterocycles. The maximum atomic E-state index is 12.6. The molecular formula is C17H20N2O5S. The Morgan fingerprint density at radius 3 is 2.56 bits per heavy atom. The molecular weight excluding hydrogens is 344 g/mol. The van der Waals surface area contributed by atoms with Crippen molar-refractivity contribution in [3.05, 3.63) is 29.3 Å². The number of carbonyl (C=O) groups excluding carboxylic acids is 3. The minimum Gasteiger partial charge on any atom is -0.480 e. The van der Waals surface area contributed by atoms with Gasteiger partial charge in [0.25, 0.3) is 0 Å². The zero-order valence-electron chi connectivity index (χ0n) is 14.2. The van der Waals surface area contributed by atoms with E-state index in [0.29, 0.717) is 5.69 Å². The van der Waals surface area contributed by atoms with Gasteiger partial charge in [0.2, 0.25) is 17.7 Å². The zero-order chi connectivity index (χ0) is 18.7. The summed E-state index contributed by atoms with van der Waals surface area (Å²) >= 11 is 1.07. The van der Waals surface area contributed by atoms with Crippen LogP contribution in [0, 0.1) is 13.8 Å². The summed E-state index contributed by atoms with van der Waals surface area (Å²) in [5.41, 5.74) is 2.57. The summed E-state index contributed by atoms with van der Waals surface area (Å²) in [5, 5.41) is 10.8. The largest absolute Gasteiger partial charge is 0.480 e. The van der Waals surface area contributed by atoms with Crippen molar-refractivity contribution in [3.8, 4) is 0 Å². The fourth-order valence-electron chi connectivity index (χ4n) is 2.50. The maximum Gasteiger partial charge on any atom is 0.327 e. The van der Waals surface area contributed by atoms with E-state index < -0.39 is 23.2 Å². The molecule has 3 amide bonds. The third kappa shape index (κ3) is 4.39. The first kappa shape index (κ1) is 19.0. The van der Waals surface area contributed by atoms with Crippen LogP contribution in [0.3, 0.4) is 0 Å². The number of nitrogens with zero attached hydrogens (tertiary/aromatic N) is 1. The molecule has 0 bridgehead atoms. The van der Waals surface area contributed by atoms with Crippen LogP contribution in [-0.2, 0) is 19.2 Å². The lowest BCUT2D eigenvalue weighted by Gasteiger charge is -2.17. The third-order valence-corrected chi connectivity index (χ3v) is 5.29. The molecule has 1 heterocycles. The topological polar surface area (TPSA) is 104 Å². The van der Waals surface area contributed by atoms with Gasteiger partial charge in [-0.05, 0) is 37.1 Å². The van der Waals surface area contributed by atoms with Crippen molar-refractivity contribution in [2.24, 2.45) is 0 Å². The van der Waals surface area contributed by atoms with Gasteiger partial charge >= 0.3 is 5.97 Å². The first-order valence-corrected chi connectivity index (χ1v) is 8.81. The molecule has 0 radical (unpaired) electrons. The van der Waals surface area contributed by atoms with Gasteiger partial charge in [0.05, 0.1) is 10.9 Å². The number of aryl methyl sites for hydroxylation is 2. The van der Waals surface area contributed by atoms with E-state index in [9.17, 15) is 19.2 Å². The van der Waals surface area contributed by atoms with Crippen molar-refractivity contribution in [3.63, 3.8) is 0 Å². The van der Waals surface area contributed by atoms with Gasteiger partial charge in [-0.1, -0.05) is 6.07 Å². The Morgan fingerprint density at radius 1 is 1.32 bits per heavy atom. The minimum absolute atomic E-state index is 0.0133. The number of anilines is 1. The normalized spacial score (nSPS) is 18.4. The van der Waals surface area contributed by atoms with E-state index >= 15 is 0 Å². The first-order chi connectivity index (χ1) is 11.7. The van der Waals surface area contributed by atoms with Crippen LogP contribution in [0.25, 0.3) is 0 Å². The van der Waals surface area contributed by atoms with Crippen molar-refractivity contribution < 1.29 is 24.3 Å². The lowest BCUT2D eigenvalue weighted by molar-refractivity contribution is -0.140. The van der Waals surface area contributed by atoms with Crippen molar-refractivity contribution in [2.45, 2.75) is 38.5 Å². The summed E-state index contributed by atoms with van der Waals surface area (Å²) in [6.45, 7) is 5.08. The van der Waals surface area contributed by atoms with E-state index in [1.807, 2.05) is 19.9 Å². The van der Waals surface area contributed by atoms with E-state index in [4.69, 9.17) is 5.11 Å². The van der Waals surface area contributed by atoms with Crippen LogP contribution in [0.1, 0.15) is 24.5 Å². The van der Waals surface area contributed by atoms with E-state index in [1.54, 1.807) is 12.1 Å². The second-order valence-corrected chi connectivity index (χ2v) is 7.19. The quantitative estimate of drug-likeness (QED) is 0.737. The number of hydrogen-bond donors (Lipinski definition) is 2. The van der Waals surface area contributed by atoms with Gasteiger partial charge < -0.3 is 10.4 Å². The van der Waals surface area contributed by atoms with Gasteiger partial charge in [-0.25, -0.2) is 9.69 Å². The fourth-order valence-corrected chi connectivity index (χ4v) is 3.66. The average Bonchev–Trinajstić information content (AvgIpc) is 2.80. The molecule has 2 rings (SSSR count). The summed E-state index contributed by atoms with van der Waals surface area (Å²) in [6, 6.07) is 4.27. The highest BCUT2D eigenvalue weighted by molar-refractivity contribution is 8.00. The highest BCUT2D eigenvalue weighted by Crippen LogP contribution is 2.31. The molecule has 2 N–H and O–H groups in total. The van der Waals surface area contributed by atoms with Crippen LogP contribution in [0.2, 0.25) is 0 Å². The van der Waals surface area contributed by atoms with E-state index in [0.717, 1.165) is 27.8 Å². The maximum absolute atomic E-state index is 12.6. The lowest BCUT2D eigenvalue weighted by atomic mass is 10.1. The van der Waals surface area contributed by atoms with E-state index in [-0.39, 0.29) is 24.0 Å². The molecule has 1 fully saturated rings. The van der Waals surface area contributed by atoms with Gasteiger partial charge in [-0.2, -0.15) is 0 Å². The molecule has 0 unspecified atom stereocenters. The predicted molar refractivity (Wildman–Crippen MR) is 94.5 cm³/mol. The smallest absolute Gasteiger partial charge is 0.327 e. The second kappa shape index (κ2) is 7.69. The number of carbonyl (C=O) groups is 4. The van der Waals surface area contributed by atoms with Crippen molar-refractivity contribution >= 4 is 41.1 Å². The summed E-state index contributed by atoms with van der Waals surface area (Å²) in [7, 11) is 0. The number of carboxylic acids is 1. The Kier molecular flexibility index (Phi) is 5.84. The Labute approximate surface area is 149 Å². The highest BCUT2D eigenvalue weighted by atomic mass is 32.2. The molecule has 2 atom stereocenters. The number of thioether (sulfide) groups is 1. The van der Waals surface area contributed by atoms with Gasteiger partial charge in [0.15, 0.2) is 0 Å². The van der Waals surface area contributed by atoms with E-state index in [1.165, 1.54) is 6.92 Å². The predicted octanol–water partition coefficient (Wildman–Crippen LogP) is 1.26. The molecule has 8 heteroatoms. The molecule has 1 saturated heterocycles. The third-order valence-electron chi connectivity index (χ3n) is 3.99. The zero-order valence-corrected chi connectivity index (χ0v) is 15.1. The molecule has 7 nitrogen and oxygen atoms in total. The summed E-state index contributed by atoms with van der Waals surface area (Å²) in [4.78, 5) is 48.2. The summed E-state index contributed by atoms with van der Waals surface area (Å²) < 4.78 is 0. The highest BCUT2D eigenvalue weighted by Gasteiger charge is 2.40. The number of rotatable bonds is 6. The molecule has 134 valence electrons. The number of nitrogens with one attached hydrogen (secondary N) is 1. The Balaban J connectivity index is 2.08. The molecule has 0 spiro atoms. The molecule has 1 aromatic rings. The molecule has 0 saturated carbocycles. The van der Waals surface area contributed by atoms with Gasteiger partial charge in [-0.3, -0.25) is 14.4 Å². The van der Waals surface area contributed by atoms with Gasteiger partial charge in [0, 0.05) is 19.1 Å². The van der Waals surface area contributed by atoms with Gasteiger partial charge in [-0.15, -0.1) is 11.8 Å². The molecule has 25 heavy (non-hydrogen) atoms. The summed E-state index contributed by atoms with van der Waals surface area (Å²) in [6.07, 6.45) is 0.0167. The van der Waals surface area contributed by atoms with Crippen LogP contribution in [0.4, 0.5) is 5.69 Å². The van der Waals surface area contributed by atoms with Crippen molar-refractivity contribution in [1.29, 1.82) is 0 Å². The summed E-state index contributed by atoms with van der Waals surface area (Å²) in [5.74, 6) is -2.29. The first-order valence-electron chi connectivity index (χ1n) is 7.76. The van der Waals surface area contributed by atoms with Gasteiger partial charge in [0.1, 0.15) is 6.04 Å². The van der Waals surface area contributed by atoms with Crippen LogP contribution >= 0.6 is 11.8 Å². The van der Waals surface area contributed by atoms with Crippen LogP contribution < -0.4 is 10.2 Å².